The maximum Gasteiger partial charge on any atom is 0.0804 e. The summed E-state index contributed by atoms with van der Waals surface area (Å²) in [5.41, 5.74) is 2.49. The molecule has 3 atom stereocenters. The molecule has 1 aromatic rings. The molecular weight excluding hydrogens is 292 g/mol. The van der Waals surface area contributed by atoms with E-state index in [0.717, 1.165) is 10.9 Å². The van der Waals surface area contributed by atoms with Crippen LogP contribution in [0.15, 0.2) is 22.7 Å². The molecule has 3 unspecified atom stereocenters. The Bertz CT molecular complexity index is 379. The molecule has 0 saturated carbocycles. The molecule has 0 spiro atoms. The second kappa shape index (κ2) is 7.27. The number of hydrogen-bond donors (Lipinski definition) is 2. The summed E-state index contributed by atoms with van der Waals surface area (Å²) >= 11 is 3.57. The summed E-state index contributed by atoms with van der Waals surface area (Å²) in [7, 11) is 0. The van der Waals surface area contributed by atoms with Gasteiger partial charge in [-0.15, -0.1) is 0 Å². The maximum atomic E-state index is 9.86. The lowest BCUT2D eigenvalue weighted by Crippen LogP contribution is -2.26. The Balaban J connectivity index is 2.72. The highest BCUT2D eigenvalue weighted by Crippen LogP contribution is 2.27. The molecule has 0 aliphatic rings. The number of halogens is 1. The van der Waals surface area contributed by atoms with E-state index in [2.05, 4.69) is 48.0 Å². The zero-order valence-electron chi connectivity index (χ0n) is 11.4. The van der Waals surface area contributed by atoms with Gasteiger partial charge in [0.05, 0.1) is 12.2 Å². The molecule has 0 aromatic heterocycles. The van der Waals surface area contributed by atoms with E-state index in [-0.39, 0.29) is 5.92 Å². The van der Waals surface area contributed by atoms with Crippen LogP contribution in [0.25, 0.3) is 0 Å². The molecule has 0 bridgehead atoms. The molecule has 0 saturated heterocycles. The summed E-state index contributed by atoms with van der Waals surface area (Å²) in [5, 5.41) is 19.5. The number of aliphatic hydroxyl groups excluding tert-OH is 2. The van der Waals surface area contributed by atoms with Crippen LogP contribution in [0.2, 0.25) is 0 Å². The van der Waals surface area contributed by atoms with Crippen LogP contribution in [0.5, 0.6) is 0 Å². The summed E-state index contributed by atoms with van der Waals surface area (Å²) < 4.78 is 1.12. The number of rotatable bonds is 6. The minimum absolute atomic E-state index is 0.239. The van der Waals surface area contributed by atoms with Gasteiger partial charge in [-0.2, -0.15) is 0 Å². The number of hydrogen-bond acceptors (Lipinski definition) is 2. The molecule has 102 valence electrons. The molecule has 0 fully saturated rings. The van der Waals surface area contributed by atoms with E-state index < -0.39 is 12.2 Å². The van der Waals surface area contributed by atoms with Gasteiger partial charge in [0.15, 0.2) is 0 Å². The van der Waals surface area contributed by atoms with Crippen LogP contribution in [-0.2, 0) is 6.42 Å². The summed E-state index contributed by atoms with van der Waals surface area (Å²) in [4.78, 5) is 0. The van der Waals surface area contributed by atoms with Crippen LogP contribution in [0, 0.1) is 0 Å². The van der Waals surface area contributed by atoms with Crippen LogP contribution in [0.3, 0.4) is 0 Å². The Hall–Kier alpha value is -0.380. The van der Waals surface area contributed by atoms with Gasteiger partial charge in [0.2, 0.25) is 0 Å². The molecule has 18 heavy (non-hydrogen) atoms. The van der Waals surface area contributed by atoms with Crippen molar-refractivity contribution in [3.63, 3.8) is 0 Å². The summed E-state index contributed by atoms with van der Waals surface area (Å²) in [6.45, 7) is 6.09. The Labute approximate surface area is 118 Å². The summed E-state index contributed by atoms with van der Waals surface area (Å²) in [6.07, 6.45) is 0.923. The van der Waals surface area contributed by atoms with Gasteiger partial charge in [0, 0.05) is 4.47 Å². The van der Waals surface area contributed by atoms with E-state index in [1.54, 1.807) is 0 Å². The van der Waals surface area contributed by atoms with E-state index in [0.29, 0.717) is 12.8 Å². The van der Waals surface area contributed by atoms with Gasteiger partial charge < -0.3 is 10.2 Å². The SMILES string of the molecule is CCc1ccc(C(C)CC(O)C(O)CC)cc1Br. The number of benzene rings is 1. The lowest BCUT2D eigenvalue weighted by atomic mass is 9.92. The van der Waals surface area contributed by atoms with E-state index in [9.17, 15) is 10.2 Å². The van der Waals surface area contributed by atoms with Crippen molar-refractivity contribution in [1.29, 1.82) is 0 Å². The fraction of sp³-hybridized carbons (Fsp3) is 0.600. The van der Waals surface area contributed by atoms with Gasteiger partial charge >= 0.3 is 0 Å². The van der Waals surface area contributed by atoms with Crippen molar-refractivity contribution in [1.82, 2.24) is 0 Å². The highest BCUT2D eigenvalue weighted by Gasteiger charge is 2.18. The minimum atomic E-state index is -0.644. The molecule has 0 radical (unpaired) electrons. The molecule has 2 N–H and O–H groups in total. The monoisotopic (exact) mass is 314 g/mol. The van der Waals surface area contributed by atoms with Crippen molar-refractivity contribution in [2.24, 2.45) is 0 Å². The average molecular weight is 315 g/mol. The lowest BCUT2D eigenvalue weighted by Gasteiger charge is -2.21. The van der Waals surface area contributed by atoms with Crippen LogP contribution in [-0.4, -0.2) is 22.4 Å². The molecule has 2 nitrogen and oxygen atoms in total. The van der Waals surface area contributed by atoms with Crippen molar-refractivity contribution < 1.29 is 10.2 Å². The minimum Gasteiger partial charge on any atom is -0.390 e. The van der Waals surface area contributed by atoms with Crippen LogP contribution < -0.4 is 0 Å². The van der Waals surface area contributed by atoms with Gasteiger partial charge in [-0.1, -0.05) is 48.8 Å². The fourth-order valence-electron chi connectivity index (χ4n) is 2.08. The van der Waals surface area contributed by atoms with Gasteiger partial charge in [-0.3, -0.25) is 0 Å². The number of aryl methyl sites for hydroxylation is 1. The van der Waals surface area contributed by atoms with Gasteiger partial charge in [-0.05, 0) is 42.4 Å². The van der Waals surface area contributed by atoms with Crippen molar-refractivity contribution in [3.8, 4) is 0 Å². The molecule has 0 amide bonds. The fourth-order valence-corrected chi connectivity index (χ4v) is 2.76. The Kier molecular flexibility index (Phi) is 6.33. The molecule has 0 aliphatic heterocycles. The summed E-state index contributed by atoms with van der Waals surface area (Å²) in [6, 6.07) is 6.35. The Morgan fingerprint density at radius 1 is 1.17 bits per heavy atom. The van der Waals surface area contributed by atoms with Crippen molar-refractivity contribution in [3.05, 3.63) is 33.8 Å². The molecule has 0 heterocycles. The molecule has 1 aromatic carbocycles. The predicted octanol–water partition coefficient (Wildman–Crippen LogP) is 3.64. The third-order valence-electron chi connectivity index (χ3n) is 3.48. The van der Waals surface area contributed by atoms with Crippen molar-refractivity contribution in [2.45, 2.75) is 58.2 Å². The van der Waals surface area contributed by atoms with Crippen LogP contribution >= 0.6 is 15.9 Å². The average Bonchev–Trinajstić information content (AvgIpc) is 2.37. The second-order valence-corrected chi connectivity index (χ2v) is 5.74. The van der Waals surface area contributed by atoms with Gasteiger partial charge in [0.1, 0.15) is 0 Å². The normalized spacial score (nSPS) is 16.3. The Morgan fingerprint density at radius 2 is 1.83 bits per heavy atom. The van der Waals surface area contributed by atoms with Gasteiger partial charge in [0.25, 0.3) is 0 Å². The zero-order valence-corrected chi connectivity index (χ0v) is 12.9. The first-order chi connectivity index (χ1) is 8.49. The first-order valence-electron chi connectivity index (χ1n) is 6.64. The molecular formula is C15H23BrO2. The first-order valence-corrected chi connectivity index (χ1v) is 7.43. The van der Waals surface area contributed by atoms with Crippen molar-refractivity contribution >= 4 is 15.9 Å². The predicted molar refractivity (Wildman–Crippen MR) is 78.9 cm³/mol. The highest BCUT2D eigenvalue weighted by molar-refractivity contribution is 9.10. The zero-order chi connectivity index (χ0) is 13.7. The van der Waals surface area contributed by atoms with Crippen LogP contribution in [0.1, 0.15) is 50.7 Å². The van der Waals surface area contributed by atoms with E-state index in [4.69, 9.17) is 0 Å². The third kappa shape index (κ3) is 4.08. The standard InChI is InChI=1S/C15H23BrO2/c1-4-11-6-7-12(9-13(11)16)10(3)8-15(18)14(17)5-2/h6-7,9-10,14-15,17-18H,4-5,8H2,1-3H3. The first kappa shape index (κ1) is 15.7. The molecule has 0 aliphatic carbocycles. The maximum absolute atomic E-state index is 9.86. The highest BCUT2D eigenvalue weighted by atomic mass is 79.9. The van der Waals surface area contributed by atoms with E-state index >= 15 is 0 Å². The quantitative estimate of drug-likeness (QED) is 0.841. The number of aliphatic hydroxyl groups is 2. The molecule has 3 heteroatoms. The lowest BCUT2D eigenvalue weighted by molar-refractivity contribution is 0.00953. The topological polar surface area (TPSA) is 40.5 Å². The van der Waals surface area contributed by atoms with Crippen LogP contribution in [0.4, 0.5) is 0 Å². The van der Waals surface area contributed by atoms with E-state index in [1.165, 1.54) is 11.1 Å². The smallest absolute Gasteiger partial charge is 0.0804 e. The summed E-state index contributed by atoms with van der Waals surface area (Å²) in [5.74, 6) is 0.239. The van der Waals surface area contributed by atoms with Gasteiger partial charge in [-0.25, -0.2) is 0 Å². The Morgan fingerprint density at radius 3 is 2.33 bits per heavy atom. The van der Waals surface area contributed by atoms with Crippen molar-refractivity contribution in [2.75, 3.05) is 0 Å². The second-order valence-electron chi connectivity index (χ2n) is 4.88. The largest absolute Gasteiger partial charge is 0.390 e. The van der Waals surface area contributed by atoms with E-state index in [1.807, 2.05) is 6.92 Å². The third-order valence-corrected chi connectivity index (χ3v) is 4.22. The molecule has 1 rings (SSSR count).